The second-order valence-corrected chi connectivity index (χ2v) is 6.68. The molecule has 1 aliphatic heterocycles. The number of rotatable bonds is 5. The van der Waals surface area contributed by atoms with Crippen LogP contribution in [0.25, 0.3) is 0 Å². The Balaban J connectivity index is 2.06. The third-order valence-corrected chi connectivity index (χ3v) is 5.55. The average molecular weight is 311 g/mol. The Kier molecular flexibility index (Phi) is 4.38. The van der Waals surface area contributed by atoms with Gasteiger partial charge in [0.15, 0.2) is 0 Å². The van der Waals surface area contributed by atoms with E-state index in [4.69, 9.17) is 9.73 Å². The van der Waals surface area contributed by atoms with Gasteiger partial charge in [-0.25, -0.2) is 0 Å². The number of ether oxygens (including phenoxy) is 1. The summed E-state index contributed by atoms with van der Waals surface area (Å²) in [7, 11) is 1.47. The van der Waals surface area contributed by atoms with Gasteiger partial charge in [0.2, 0.25) is 0 Å². The monoisotopic (exact) mass is 311 g/mol. The average Bonchev–Trinajstić information content (AvgIpc) is 2.97. The number of allylic oxidation sites excluding steroid dienone is 6. The summed E-state index contributed by atoms with van der Waals surface area (Å²) in [6.07, 6.45) is 13.7. The molecule has 1 heterocycles. The van der Waals surface area contributed by atoms with Crippen molar-refractivity contribution in [3.63, 3.8) is 0 Å². The zero-order valence-corrected chi connectivity index (χ0v) is 14.1. The van der Waals surface area contributed by atoms with Gasteiger partial charge in [-0.1, -0.05) is 25.2 Å². The SMILES string of the molecule is C=CC[C@H]1CC[C@@](CC)(CC(=O)OC)C2=NC3=CC=CCC3=C21. The molecule has 0 saturated heterocycles. The van der Waals surface area contributed by atoms with Crippen LogP contribution in [0.2, 0.25) is 0 Å². The third kappa shape index (κ3) is 2.62. The van der Waals surface area contributed by atoms with Crippen LogP contribution < -0.4 is 0 Å². The van der Waals surface area contributed by atoms with Gasteiger partial charge in [0.1, 0.15) is 0 Å². The van der Waals surface area contributed by atoms with E-state index in [1.54, 1.807) is 0 Å². The van der Waals surface area contributed by atoms with Crippen LogP contribution in [0, 0.1) is 11.3 Å². The first-order valence-electron chi connectivity index (χ1n) is 8.52. The quantitative estimate of drug-likeness (QED) is 0.553. The fourth-order valence-electron chi connectivity index (χ4n) is 4.21. The Morgan fingerprint density at radius 1 is 1.57 bits per heavy atom. The first kappa shape index (κ1) is 16.0. The van der Waals surface area contributed by atoms with Crippen molar-refractivity contribution >= 4 is 11.7 Å². The fourth-order valence-corrected chi connectivity index (χ4v) is 4.21. The topological polar surface area (TPSA) is 38.7 Å². The molecule has 23 heavy (non-hydrogen) atoms. The van der Waals surface area contributed by atoms with Crippen molar-refractivity contribution in [2.24, 2.45) is 16.3 Å². The first-order valence-corrected chi connectivity index (χ1v) is 8.52. The van der Waals surface area contributed by atoms with Crippen molar-refractivity contribution in [3.05, 3.63) is 47.7 Å². The van der Waals surface area contributed by atoms with Gasteiger partial charge in [-0.2, -0.15) is 0 Å². The lowest BCUT2D eigenvalue weighted by molar-refractivity contribution is -0.142. The molecule has 0 unspecified atom stereocenters. The molecule has 2 atom stereocenters. The van der Waals surface area contributed by atoms with E-state index in [1.165, 1.54) is 18.3 Å². The van der Waals surface area contributed by atoms with E-state index in [1.807, 2.05) is 6.08 Å². The summed E-state index contributed by atoms with van der Waals surface area (Å²) in [5.41, 5.74) is 4.81. The number of hydrogen-bond acceptors (Lipinski definition) is 3. The molecule has 1 saturated carbocycles. The summed E-state index contributed by atoms with van der Waals surface area (Å²) < 4.78 is 4.97. The van der Waals surface area contributed by atoms with Crippen molar-refractivity contribution < 1.29 is 9.53 Å². The maximum Gasteiger partial charge on any atom is 0.306 e. The van der Waals surface area contributed by atoms with Crippen molar-refractivity contribution in [2.75, 3.05) is 7.11 Å². The second-order valence-electron chi connectivity index (χ2n) is 6.68. The minimum absolute atomic E-state index is 0.136. The molecule has 0 bridgehead atoms. The molecule has 122 valence electrons. The Bertz CT molecular complexity index is 651. The second kappa shape index (κ2) is 6.31. The van der Waals surface area contributed by atoms with Crippen LogP contribution in [0.5, 0.6) is 0 Å². The molecule has 0 radical (unpaired) electrons. The van der Waals surface area contributed by atoms with Gasteiger partial charge >= 0.3 is 5.97 Å². The molecular weight excluding hydrogens is 286 g/mol. The molecular formula is C20H25NO2. The molecule has 3 rings (SSSR count). The molecule has 0 N–H and O–H groups in total. The maximum atomic E-state index is 12.0. The van der Waals surface area contributed by atoms with Crippen LogP contribution in [-0.2, 0) is 9.53 Å². The summed E-state index contributed by atoms with van der Waals surface area (Å²) in [4.78, 5) is 17.0. The summed E-state index contributed by atoms with van der Waals surface area (Å²) in [5, 5.41) is 0. The summed E-state index contributed by atoms with van der Waals surface area (Å²) in [6.45, 7) is 6.09. The van der Waals surface area contributed by atoms with Crippen LogP contribution in [0.3, 0.4) is 0 Å². The Morgan fingerprint density at radius 2 is 2.39 bits per heavy atom. The van der Waals surface area contributed by atoms with Crippen LogP contribution in [0.1, 0.15) is 45.4 Å². The lowest BCUT2D eigenvalue weighted by Crippen LogP contribution is -2.40. The molecule has 3 aliphatic rings. The molecule has 0 amide bonds. The number of carbonyl (C=O) groups excluding carboxylic acids is 1. The third-order valence-electron chi connectivity index (χ3n) is 5.55. The molecule has 0 aromatic rings. The van der Waals surface area contributed by atoms with Crippen molar-refractivity contribution in [3.8, 4) is 0 Å². The number of fused-ring (bicyclic) bond motifs is 2. The minimum Gasteiger partial charge on any atom is -0.469 e. The molecule has 3 nitrogen and oxygen atoms in total. The molecule has 0 aromatic heterocycles. The summed E-state index contributed by atoms with van der Waals surface area (Å²) >= 11 is 0. The Hall–Kier alpha value is -1.90. The predicted octanol–water partition coefficient (Wildman–Crippen LogP) is 4.53. The standard InChI is InChI=1S/C20H25NO2/c1-4-8-14-11-12-20(5-2,13-17(22)23-3)19-18(14)15-9-6-7-10-16(15)21-19/h4,6-7,10,14H,1,5,8-9,11-13H2,2-3H3/t14-,20-/m0/s1. The number of hydrogen-bond donors (Lipinski definition) is 0. The van der Waals surface area contributed by atoms with Crippen molar-refractivity contribution in [2.45, 2.75) is 45.4 Å². The number of carbonyl (C=O) groups is 1. The lowest BCUT2D eigenvalue weighted by Gasteiger charge is -2.41. The smallest absolute Gasteiger partial charge is 0.306 e. The number of esters is 1. The highest BCUT2D eigenvalue weighted by Crippen LogP contribution is 2.51. The summed E-state index contributed by atoms with van der Waals surface area (Å²) in [5.74, 6) is 0.346. The van der Waals surface area contributed by atoms with Gasteiger partial charge in [-0.15, -0.1) is 6.58 Å². The van der Waals surface area contributed by atoms with Gasteiger partial charge in [-0.05, 0) is 55.2 Å². The zero-order chi connectivity index (χ0) is 16.4. The molecule has 0 aromatic carbocycles. The van der Waals surface area contributed by atoms with Gasteiger partial charge in [0.05, 0.1) is 24.9 Å². The fraction of sp³-hybridized carbons (Fsp3) is 0.500. The van der Waals surface area contributed by atoms with E-state index in [-0.39, 0.29) is 11.4 Å². The van der Waals surface area contributed by atoms with E-state index >= 15 is 0 Å². The molecule has 1 fully saturated rings. The van der Waals surface area contributed by atoms with Crippen LogP contribution in [-0.4, -0.2) is 18.8 Å². The molecule has 2 aliphatic carbocycles. The largest absolute Gasteiger partial charge is 0.469 e. The number of nitrogens with zero attached hydrogens (tertiary/aromatic N) is 1. The highest BCUT2D eigenvalue weighted by molar-refractivity contribution is 6.11. The molecule has 0 spiro atoms. The normalized spacial score (nSPS) is 28.7. The summed E-state index contributed by atoms with van der Waals surface area (Å²) in [6, 6.07) is 0. The Morgan fingerprint density at radius 3 is 3.09 bits per heavy atom. The molecule has 3 heteroatoms. The first-order chi connectivity index (χ1) is 11.1. The minimum atomic E-state index is -0.175. The van der Waals surface area contributed by atoms with Gasteiger partial charge < -0.3 is 4.74 Å². The van der Waals surface area contributed by atoms with Crippen LogP contribution >= 0.6 is 0 Å². The van der Waals surface area contributed by atoms with E-state index in [0.717, 1.165) is 43.5 Å². The zero-order valence-electron chi connectivity index (χ0n) is 14.1. The van der Waals surface area contributed by atoms with Crippen molar-refractivity contribution in [1.82, 2.24) is 0 Å². The maximum absolute atomic E-state index is 12.0. The number of aliphatic imine (C=N–C) groups is 1. The van der Waals surface area contributed by atoms with Crippen LogP contribution in [0.15, 0.2) is 52.7 Å². The number of methoxy groups -OCH3 is 1. The van der Waals surface area contributed by atoms with E-state index in [9.17, 15) is 4.79 Å². The highest BCUT2D eigenvalue weighted by atomic mass is 16.5. The van der Waals surface area contributed by atoms with Crippen molar-refractivity contribution in [1.29, 1.82) is 0 Å². The van der Waals surface area contributed by atoms with Gasteiger partial charge in [0, 0.05) is 5.41 Å². The van der Waals surface area contributed by atoms with E-state index in [0.29, 0.717) is 12.3 Å². The van der Waals surface area contributed by atoms with E-state index in [2.05, 4.69) is 31.7 Å². The van der Waals surface area contributed by atoms with E-state index < -0.39 is 0 Å². The van der Waals surface area contributed by atoms with Crippen LogP contribution in [0.4, 0.5) is 0 Å². The van der Waals surface area contributed by atoms with Gasteiger partial charge in [0.25, 0.3) is 0 Å². The predicted molar refractivity (Wildman–Crippen MR) is 93.2 cm³/mol. The highest BCUT2D eigenvalue weighted by Gasteiger charge is 2.47. The van der Waals surface area contributed by atoms with Gasteiger partial charge in [-0.3, -0.25) is 9.79 Å². The lowest BCUT2D eigenvalue weighted by atomic mass is 9.62. The Labute approximate surface area is 138 Å².